The molecule has 1 heteroatoms. The van der Waals surface area contributed by atoms with Crippen molar-refractivity contribution in [3.05, 3.63) is 23.3 Å². The van der Waals surface area contributed by atoms with Gasteiger partial charge in [0.05, 0.1) is 0 Å². The van der Waals surface area contributed by atoms with Crippen LogP contribution in [-0.2, 0) is 0 Å². The van der Waals surface area contributed by atoms with Gasteiger partial charge in [-0.25, -0.2) is 0 Å². The average Bonchev–Trinajstić information content (AvgIpc) is 1.77. The third-order valence-electron chi connectivity index (χ3n) is 1.57. The zero-order chi connectivity index (χ0) is 5.98. The van der Waals surface area contributed by atoms with Crippen molar-refractivity contribution in [2.75, 3.05) is 0 Å². The van der Waals surface area contributed by atoms with Gasteiger partial charge in [0.25, 0.3) is 0 Å². The predicted molar refractivity (Wildman–Crippen MR) is 52.2 cm³/mol. The van der Waals surface area contributed by atoms with E-state index in [1.165, 1.54) is 24.0 Å². The summed E-state index contributed by atoms with van der Waals surface area (Å²) in [6, 6.07) is 0. The Morgan fingerprint density at radius 1 is 1.00 bits per heavy atom. The van der Waals surface area contributed by atoms with Crippen LogP contribution in [0.5, 0.6) is 0 Å². The van der Waals surface area contributed by atoms with Crippen LogP contribution in [0, 0.1) is 0 Å². The molecule has 1 aliphatic rings. The fraction of sp³-hybridized carbons (Fsp3) is 0.500. The van der Waals surface area contributed by atoms with E-state index < -0.39 is 0 Å². The van der Waals surface area contributed by atoms with Crippen molar-refractivity contribution in [1.29, 1.82) is 0 Å². The van der Waals surface area contributed by atoms with Crippen molar-refractivity contribution in [3.63, 3.8) is 0 Å². The van der Waals surface area contributed by atoms with Gasteiger partial charge >= 0.3 is 0 Å². The summed E-state index contributed by atoms with van der Waals surface area (Å²) in [4.78, 5) is 0. The van der Waals surface area contributed by atoms with Crippen molar-refractivity contribution >= 4 is 24.0 Å². The molecule has 0 fully saturated rings. The van der Waals surface area contributed by atoms with Crippen LogP contribution in [0.4, 0.5) is 0 Å². The quantitative estimate of drug-likeness (QED) is 0.566. The minimum atomic E-state index is 0. The number of rotatable bonds is 0. The molecule has 0 aromatic carbocycles. The van der Waals surface area contributed by atoms with Crippen molar-refractivity contribution in [2.24, 2.45) is 0 Å². The third kappa shape index (κ3) is 3.04. The molecule has 1 rings (SSSR count). The summed E-state index contributed by atoms with van der Waals surface area (Å²) in [7, 11) is 0. The summed E-state index contributed by atoms with van der Waals surface area (Å²) >= 11 is 0. The Hall–Kier alpha value is 0.210. The van der Waals surface area contributed by atoms with E-state index in [4.69, 9.17) is 0 Å². The molecule has 0 nitrogen and oxygen atoms in total. The molecule has 0 N–H and O–H groups in total. The number of hydrogen-bond donors (Lipinski definition) is 0. The van der Waals surface area contributed by atoms with Crippen LogP contribution in [-0.4, -0.2) is 0 Å². The van der Waals surface area contributed by atoms with Gasteiger partial charge in [-0.3, -0.25) is 0 Å². The van der Waals surface area contributed by atoms with Gasteiger partial charge < -0.3 is 0 Å². The maximum atomic E-state index is 2.21. The van der Waals surface area contributed by atoms with Crippen LogP contribution in [0.1, 0.15) is 26.7 Å². The van der Waals surface area contributed by atoms with E-state index in [0.717, 1.165) is 0 Å². The fourth-order valence-corrected chi connectivity index (χ4v) is 0.846. The number of allylic oxidation sites excluding steroid dienone is 4. The Bertz CT molecular complexity index is 125. The smallest absolute Gasteiger partial charge is 0.0283 e. The van der Waals surface area contributed by atoms with Crippen LogP contribution in [0.3, 0.4) is 0 Å². The number of halogens is 1. The molecule has 0 aliphatic heterocycles. The minimum absolute atomic E-state index is 0. The highest BCUT2D eigenvalue weighted by molar-refractivity contribution is 14.0. The second-order valence-corrected chi connectivity index (χ2v) is 2.53. The van der Waals surface area contributed by atoms with Crippen LogP contribution < -0.4 is 0 Å². The van der Waals surface area contributed by atoms with E-state index in [-0.39, 0.29) is 24.0 Å². The summed E-state index contributed by atoms with van der Waals surface area (Å²) in [6.07, 6.45) is 6.95. The molecular formula is C8H13I. The highest BCUT2D eigenvalue weighted by atomic mass is 127. The highest BCUT2D eigenvalue weighted by Crippen LogP contribution is 2.15. The van der Waals surface area contributed by atoms with Gasteiger partial charge in [-0.05, 0) is 26.7 Å². The zero-order valence-electron chi connectivity index (χ0n) is 5.98. The van der Waals surface area contributed by atoms with Gasteiger partial charge in [0.1, 0.15) is 0 Å². The van der Waals surface area contributed by atoms with E-state index in [1.807, 2.05) is 0 Å². The summed E-state index contributed by atoms with van der Waals surface area (Å²) in [5.74, 6) is 0. The van der Waals surface area contributed by atoms with Gasteiger partial charge in [0.2, 0.25) is 0 Å². The summed E-state index contributed by atoms with van der Waals surface area (Å²) in [6.45, 7) is 4.37. The molecule has 0 heterocycles. The molecule has 0 amide bonds. The van der Waals surface area contributed by atoms with Gasteiger partial charge in [-0.2, -0.15) is 0 Å². The second kappa shape index (κ2) is 4.09. The van der Waals surface area contributed by atoms with Gasteiger partial charge in [0, 0.05) is 0 Å². The largest absolute Gasteiger partial charge is 0.107 e. The molecule has 0 unspecified atom stereocenters. The maximum Gasteiger partial charge on any atom is -0.0283 e. The molecule has 0 aromatic heterocycles. The van der Waals surface area contributed by atoms with E-state index in [9.17, 15) is 0 Å². The van der Waals surface area contributed by atoms with E-state index in [2.05, 4.69) is 26.0 Å². The molecule has 0 bridgehead atoms. The molecule has 0 spiro atoms. The molecule has 0 aromatic rings. The Morgan fingerprint density at radius 2 is 1.33 bits per heavy atom. The molecule has 0 saturated carbocycles. The Morgan fingerprint density at radius 3 is 1.56 bits per heavy atom. The first-order valence-electron chi connectivity index (χ1n) is 3.12. The summed E-state index contributed by atoms with van der Waals surface area (Å²) in [5, 5.41) is 0. The first-order chi connectivity index (χ1) is 3.79. The summed E-state index contributed by atoms with van der Waals surface area (Å²) < 4.78 is 0. The van der Waals surface area contributed by atoms with Crippen molar-refractivity contribution in [1.82, 2.24) is 0 Å². The normalized spacial score (nSPS) is 17.6. The molecule has 0 saturated heterocycles. The first kappa shape index (κ1) is 9.21. The topological polar surface area (TPSA) is 0 Å². The number of hydrogen-bond acceptors (Lipinski definition) is 0. The van der Waals surface area contributed by atoms with Crippen molar-refractivity contribution in [3.8, 4) is 0 Å². The fourth-order valence-electron chi connectivity index (χ4n) is 0.846. The Balaban J connectivity index is 0.000000640. The van der Waals surface area contributed by atoms with Crippen molar-refractivity contribution in [2.45, 2.75) is 26.7 Å². The van der Waals surface area contributed by atoms with Crippen molar-refractivity contribution < 1.29 is 0 Å². The third-order valence-corrected chi connectivity index (χ3v) is 1.57. The van der Waals surface area contributed by atoms with Crippen LogP contribution >= 0.6 is 24.0 Å². The van der Waals surface area contributed by atoms with Crippen LogP contribution in [0.2, 0.25) is 0 Å². The second-order valence-electron chi connectivity index (χ2n) is 2.53. The minimum Gasteiger partial charge on any atom is -0.107 e. The average molecular weight is 236 g/mol. The first-order valence-corrected chi connectivity index (χ1v) is 3.12. The van der Waals surface area contributed by atoms with Crippen LogP contribution in [0.15, 0.2) is 23.3 Å². The maximum absolute atomic E-state index is 2.21. The lowest BCUT2D eigenvalue weighted by Gasteiger charge is -2.05. The lowest BCUT2D eigenvalue weighted by atomic mass is 10.0. The van der Waals surface area contributed by atoms with E-state index >= 15 is 0 Å². The standard InChI is InChI=1S/C8H12.HI/c1-7-3-5-8(2)6-4-7;/h3,5H,4,6H2,1-2H3;1H. The SMILES string of the molecule is CC1=CC=C(C)CC1.I. The molecular weight excluding hydrogens is 223 g/mol. The lowest BCUT2D eigenvalue weighted by molar-refractivity contribution is 0.906. The van der Waals surface area contributed by atoms with Crippen LogP contribution in [0.25, 0.3) is 0 Å². The van der Waals surface area contributed by atoms with E-state index in [1.54, 1.807) is 0 Å². The molecule has 9 heavy (non-hydrogen) atoms. The monoisotopic (exact) mass is 236 g/mol. The molecule has 1 aliphatic carbocycles. The summed E-state index contributed by atoms with van der Waals surface area (Å²) in [5.41, 5.74) is 3.02. The Labute approximate surface area is 74.1 Å². The van der Waals surface area contributed by atoms with Gasteiger partial charge in [-0.1, -0.05) is 23.3 Å². The molecule has 0 radical (unpaired) electrons. The molecule has 52 valence electrons. The van der Waals surface area contributed by atoms with Gasteiger partial charge in [0.15, 0.2) is 0 Å². The predicted octanol–water partition coefficient (Wildman–Crippen LogP) is 3.29. The zero-order valence-corrected chi connectivity index (χ0v) is 8.31. The Kier molecular flexibility index (Phi) is 4.19. The van der Waals surface area contributed by atoms with E-state index in [0.29, 0.717) is 0 Å². The lowest BCUT2D eigenvalue weighted by Crippen LogP contribution is -1.85. The van der Waals surface area contributed by atoms with Gasteiger partial charge in [-0.15, -0.1) is 24.0 Å². The molecule has 0 atom stereocenters. The highest BCUT2D eigenvalue weighted by Gasteiger charge is 1.95.